The maximum atomic E-state index is 11.1. The molecule has 1 rings (SSSR count). The highest BCUT2D eigenvalue weighted by atomic mass is 16.5. The summed E-state index contributed by atoms with van der Waals surface area (Å²) < 4.78 is 6.16. The Morgan fingerprint density at radius 2 is 2.22 bits per heavy atom. The molecule has 0 aliphatic heterocycles. The van der Waals surface area contributed by atoms with Crippen molar-refractivity contribution in [1.29, 1.82) is 0 Å². The molecule has 1 aromatic rings. The topological polar surface area (TPSA) is 81.4 Å². The Balaban J connectivity index is 2.60. The maximum absolute atomic E-state index is 11.1. The number of methoxy groups -OCH3 is 1. The van der Waals surface area contributed by atoms with Crippen LogP contribution in [0.15, 0.2) is 6.20 Å². The van der Waals surface area contributed by atoms with Gasteiger partial charge in [0, 0.05) is 13.5 Å². The summed E-state index contributed by atoms with van der Waals surface area (Å²) in [5.74, 6) is -1.07. The molecule has 0 saturated heterocycles. The number of aromatic nitrogens is 2. The number of rotatable bonds is 6. The number of hydrogen-bond acceptors (Lipinski definition) is 4. The number of aromatic carboxylic acids is 1. The molecule has 6 heteroatoms. The molecule has 0 aromatic carbocycles. The number of carbonyl (C=O) groups is 2. The van der Waals surface area contributed by atoms with Gasteiger partial charge < -0.3 is 9.84 Å². The van der Waals surface area contributed by atoms with E-state index in [4.69, 9.17) is 5.11 Å². The average Bonchev–Trinajstić information content (AvgIpc) is 2.68. The molecule has 0 amide bonds. The zero-order chi connectivity index (χ0) is 13.7. The normalized spacial score (nSPS) is 12.2. The van der Waals surface area contributed by atoms with Crippen LogP contribution in [0, 0.1) is 5.92 Å². The Morgan fingerprint density at radius 3 is 2.78 bits per heavy atom. The predicted octanol–water partition coefficient (Wildman–Crippen LogP) is 1.25. The van der Waals surface area contributed by atoms with Crippen LogP contribution in [0.2, 0.25) is 0 Å². The second kappa shape index (κ2) is 6.18. The first-order valence-corrected chi connectivity index (χ1v) is 5.76. The fourth-order valence-corrected chi connectivity index (χ4v) is 1.79. The number of hydrogen-bond donors (Lipinski definition) is 1. The van der Waals surface area contributed by atoms with Gasteiger partial charge in [-0.15, -0.1) is 0 Å². The Hall–Kier alpha value is -1.85. The minimum Gasteiger partial charge on any atom is -0.478 e. The second-order valence-corrected chi connectivity index (χ2v) is 4.36. The van der Waals surface area contributed by atoms with Crippen molar-refractivity contribution >= 4 is 11.9 Å². The van der Waals surface area contributed by atoms with Crippen molar-refractivity contribution in [3.63, 3.8) is 0 Å². The number of carbonyl (C=O) groups excluding carboxylic acids is 1. The molecule has 1 aromatic heterocycles. The van der Waals surface area contributed by atoms with E-state index in [-0.39, 0.29) is 17.5 Å². The van der Waals surface area contributed by atoms with Crippen molar-refractivity contribution in [3.05, 3.63) is 17.5 Å². The lowest BCUT2D eigenvalue weighted by atomic mass is 9.99. The van der Waals surface area contributed by atoms with Gasteiger partial charge in [0.1, 0.15) is 5.56 Å². The number of aryl methyl sites for hydroxylation is 1. The molecule has 1 heterocycles. The predicted molar refractivity (Wildman–Crippen MR) is 64.3 cm³/mol. The Labute approximate surface area is 106 Å². The second-order valence-electron chi connectivity index (χ2n) is 4.36. The summed E-state index contributed by atoms with van der Waals surface area (Å²) in [6.45, 7) is 1.94. The van der Waals surface area contributed by atoms with Crippen LogP contribution in [-0.4, -0.2) is 33.9 Å². The van der Waals surface area contributed by atoms with Crippen LogP contribution in [0.1, 0.15) is 35.8 Å². The zero-order valence-corrected chi connectivity index (χ0v) is 10.8. The van der Waals surface area contributed by atoms with E-state index in [1.165, 1.54) is 13.3 Å². The van der Waals surface area contributed by atoms with Gasteiger partial charge in [-0.3, -0.25) is 9.48 Å². The van der Waals surface area contributed by atoms with E-state index in [1.807, 2.05) is 6.92 Å². The standard InChI is InChI=1S/C12H18N2O4/c1-8(6-11(15)18-3)4-5-10-9(12(16)17)7-13-14(10)2/h7-8H,4-6H2,1-3H3,(H,16,17). The lowest BCUT2D eigenvalue weighted by Gasteiger charge is -2.10. The van der Waals surface area contributed by atoms with Crippen molar-refractivity contribution in [2.45, 2.75) is 26.2 Å². The maximum Gasteiger partial charge on any atom is 0.339 e. The molecule has 1 N–H and O–H groups in total. The van der Waals surface area contributed by atoms with Gasteiger partial charge >= 0.3 is 11.9 Å². The van der Waals surface area contributed by atoms with Gasteiger partial charge in [-0.25, -0.2) is 4.79 Å². The van der Waals surface area contributed by atoms with Crippen LogP contribution in [-0.2, 0) is 23.0 Å². The Morgan fingerprint density at radius 1 is 1.56 bits per heavy atom. The van der Waals surface area contributed by atoms with E-state index in [1.54, 1.807) is 11.7 Å². The first-order valence-electron chi connectivity index (χ1n) is 5.76. The molecular formula is C12H18N2O4. The van der Waals surface area contributed by atoms with Crippen molar-refractivity contribution in [2.75, 3.05) is 7.11 Å². The quantitative estimate of drug-likeness (QED) is 0.773. The molecule has 6 nitrogen and oxygen atoms in total. The summed E-state index contributed by atoms with van der Waals surface area (Å²) in [7, 11) is 3.07. The van der Waals surface area contributed by atoms with E-state index in [0.29, 0.717) is 18.5 Å². The summed E-state index contributed by atoms with van der Waals surface area (Å²) in [4.78, 5) is 22.1. The van der Waals surface area contributed by atoms with Gasteiger partial charge in [-0.2, -0.15) is 5.10 Å². The van der Waals surface area contributed by atoms with Crippen molar-refractivity contribution in [1.82, 2.24) is 9.78 Å². The minimum absolute atomic E-state index is 0.147. The van der Waals surface area contributed by atoms with Gasteiger partial charge in [-0.1, -0.05) is 6.92 Å². The largest absolute Gasteiger partial charge is 0.478 e. The number of esters is 1. The SMILES string of the molecule is COC(=O)CC(C)CCc1c(C(=O)O)cnn1C. The minimum atomic E-state index is -0.973. The lowest BCUT2D eigenvalue weighted by Crippen LogP contribution is -2.10. The van der Waals surface area contributed by atoms with Gasteiger partial charge in [0.15, 0.2) is 0 Å². The van der Waals surface area contributed by atoms with E-state index in [9.17, 15) is 9.59 Å². The molecule has 1 atom stereocenters. The van der Waals surface area contributed by atoms with Crippen LogP contribution in [0.5, 0.6) is 0 Å². The van der Waals surface area contributed by atoms with Crippen LogP contribution < -0.4 is 0 Å². The van der Waals surface area contributed by atoms with Crippen LogP contribution >= 0.6 is 0 Å². The molecule has 0 aliphatic rings. The first kappa shape index (κ1) is 14.2. The van der Waals surface area contributed by atoms with Gasteiger partial charge in [-0.05, 0) is 18.8 Å². The lowest BCUT2D eigenvalue weighted by molar-refractivity contribution is -0.141. The molecule has 0 bridgehead atoms. The van der Waals surface area contributed by atoms with Crippen LogP contribution in [0.4, 0.5) is 0 Å². The van der Waals surface area contributed by atoms with Crippen molar-refractivity contribution in [2.24, 2.45) is 13.0 Å². The van der Waals surface area contributed by atoms with Crippen LogP contribution in [0.25, 0.3) is 0 Å². The molecule has 1 unspecified atom stereocenters. The number of nitrogens with zero attached hydrogens (tertiary/aromatic N) is 2. The van der Waals surface area contributed by atoms with Gasteiger partial charge in [0.05, 0.1) is 19.0 Å². The van der Waals surface area contributed by atoms with E-state index in [0.717, 1.165) is 6.42 Å². The van der Waals surface area contributed by atoms with Crippen LogP contribution in [0.3, 0.4) is 0 Å². The monoisotopic (exact) mass is 254 g/mol. The molecule has 0 spiro atoms. The Kier molecular flexibility index (Phi) is 4.88. The van der Waals surface area contributed by atoms with Crippen molar-refractivity contribution < 1.29 is 19.4 Å². The summed E-state index contributed by atoms with van der Waals surface area (Å²) in [5.41, 5.74) is 0.905. The molecule has 0 saturated carbocycles. The smallest absolute Gasteiger partial charge is 0.339 e. The molecule has 0 fully saturated rings. The van der Waals surface area contributed by atoms with Gasteiger partial charge in [0.2, 0.25) is 0 Å². The highest BCUT2D eigenvalue weighted by Crippen LogP contribution is 2.16. The van der Waals surface area contributed by atoms with Gasteiger partial charge in [0.25, 0.3) is 0 Å². The average molecular weight is 254 g/mol. The first-order chi connectivity index (χ1) is 8.45. The summed E-state index contributed by atoms with van der Waals surface area (Å²) >= 11 is 0. The third kappa shape index (κ3) is 3.58. The third-order valence-corrected chi connectivity index (χ3v) is 2.91. The number of carboxylic acids is 1. The highest BCUT2D eigenvalue weighted by molar-refractivity contribution is 5.88. The fourth-order valence-electron chi connectivity index (χ4n) is 1.79. The number of carboxylic acid groups (broad SMARTS) is 1. The molecule has 0 aliphatic carbocycles. The molecule has 18 heavy (non-hydrogen) atoms. The number of ether oxygens (including phenoxy) is 1. The van der Waals surface area contributed by atoms with E-state index < -0.39 is 5.97 Å². The molecule has 100 valence electrons. The van der Waals surface area contributed by atoms with E-state index >= 15 is 0 Å². The van der Waals surface area contributed by atoms with Crippen molar-refractivity contribution in [3.8, 4) is 0 Å². The Bertz CT molecular complexity index is 439. The summed E-state index contributed by atoms with van der Waals surface area (Å²) in [6, 6.07) is 0. The summed E-state index contributed by atoms with van der Waals surface area (Å²) in [6.07, 6.45) is 2.99. The fraction of sp³-hybridized carbons (Fsp3) is 0.583. The third-order valence-electron chi connectivity index (χ3n) is 2.91. The summed E-state index contributed by atoms with van der Waals surface area (Å²) in [5, 5.41) is 12.9. The van der Waals surface area contributed by atoms with E-state index in [2.05, 4.69) is 9.84 Å². The highest BCUT2D eigenvalue weighted by Gasteiger charge is 2.16. The zero-order valence-electron chi connectivity index (χ0n) is 10.8. The molecule has 0 radical (unpaired) electrons. The molecular weight excluding hydrogens is 236 g/mol.